The molecule has 0 bridgehead atoms. The van der Waals surface area contributed by atoms with Gasteiger partial charge in [-0.1, -0.05) is 6.07 Å². The first-order valence-corrected chi connectivity index (χ1v) is 7.28. The van der Waals surface area contributed by atoms with Gasteiger partial charge in [0.15, 0.2) is 0 Å². The molecular weight excluding hydrogens is 286 g/mol. The van der Waals surface area contributed by atoms with Crippen molar-refractivity contribution >= 4 is 24.1 Å². The fourth-order valence-electron chi connectivity index (χ4n) is 2.75. The van der Waals surface area contributed by atoms with E-state index in [2.05, 4.69) is 15.2 Å². The minimum atomic E-state index is -0.250. The second-order valence-electron chi connectivity index (χ2n) is 5.25. The van der Waals surface area contributed by atoms with Crippen LogP contribution in [0, 0.1) is 0 Å². The summed E-state index contributed by atoms with van der Waals surface area (Å²) in [6.45, 7) is 1.87. The Hall–Kier alpha value is -2.44. The standard InChI is InChI=1S/C14H17N3O2.CH2O2/c18-13-6-4-11(14(19)16-13)10-3-5-12(15-9-10)17-7-1-2-8-17;2-1-3/h3,5,9,11H,1-2,4,6-8H2,(H,16,18,19);1H,(H,2,3). The van der Waals surface area contributed by atoms with Crippen molar-refractivity contribution < 1.29 is 19.5 Å². The lowest BCUT2D eigenvalue weighted by atomic mass is 9.92. The molecule has 1 aromatic heterocycles. The summed E-state index contributed by atoms with van der Waals surface area (Å²) in [5.74, 6) is 0.362. The van der Waals surface area contributed by atoms with Gasteiger partial charge in [-0.25, -0.2) is 4.98 Å². The average Bonchev–Trinajstić information content (AvgIpc) is 3.03. The summed E-state index contributed by atoms with van der Waals surface area (Å²) >= 11 is 0. The van der Waals surface area contributed by atoms with E-state index in [4.69, 9.17) is 9.90 Å². The van der Waals surface area contributed by atoms with Gasteiger partial charge in [-0.15, -0.1) is 0 Å². The van der Waals surface area contributed by atoms with Crippen LogP contribution in [0.4, 0.5) is 5.82 Å². The number of hydrogen-bond donors (Lipinski definition) is 2. The van der Waals surface area contributed by atoms with Gasteiger partial charge < -0.3 is 10.0 Å². The molecule has 2 aliphatic rings. The van der Waals surface area contributed by atoms with Crippen molar-refractivity contribution in [3.63, 3.8) is 0 Å². The van der Waals surface area contributed by atoms with Crippen LogP contribution in [0.15, 0.2) is 18.3 Å². The topological polar surface area (TPSA) is 99.6 Å². The number of pyridine rings is 1. The highest BCUT2D eigenvalue weighted by Gasteiger charge is 2.28. The monoisotopic (exact) mass is 305 g/mol. The summed E-state index contributed by atoms with van der Waals surface area (Å²) in [6.07, 6.45) is 5.19. The zero-order valence-electron chi connectivity index (χ0n) is 12.2. The second kappa shape index (κ2) is 7.53. The SMILES string of the molecule is O=C1CCC(c2ccc(N3CCCC3)nc2)C(=O)N1.O=CO. The zero-order chi connectivity index (χ0) is 15.9. The van der Waals surface area contributed by atoms with Crippen molar-refractivity contribution in [3.05, 3.63) is 23.9 Å². The highest BCUT2D eigenvalue weighted by Crippen LogP contribution is 2.26. The van der Waals surface area contributed by atoms with Crippen LogP contribution in [0.2, 0.25) is 0 Å². The quantitative estimate of drug-likeness (QED) is 0.622. The summed E-state index contributed by atoms with van der Waals surface area (Å²) in [7, 11) is 0. The van der Waals surface area contributed by atoms with Crippen LogP contribution < -0.4 is 10.2 Å². The number of aromatic nitrogens is 1. The number of piperidine rings is 1. The summed E-state index contributed by atoms with van der Waals surface area (Å²) in [6, 6.07) is 3.94. The molecule has 118 valence electrons. The number of hydrogen-bond acceptors (Lipinski definition) is 5. The summed E-state index contributed by atoms with van der Waals surface area (Å²) in [5.41, 5.74) is 0.896. The molecule has 2 amide bonds. The molecule has 7 heteroatoms. The molecular formula is C15H19N3O4. The lowest BCUT2D eigenvalue weighted by Gasteiger charge is -2.22. The lowest BCUT2D eigenvalue weighted by molar-refractivity contribution is -0.134. The minimum absolute atomic E-state index is 0.178. The van der Waals surface area contributed by atoms with Crippen molar-refractivity contribution in [2.75, 3.05) is 18.0 Å². The Kier molecular flexibility index (Phi) is 5.46. The molecule has 0 spiro atoms. The summed E-state index contributed by atoms with van der Waals surface area (Å²) in [5, 5.41) is 9.27. The molecule has 2 N–H and O–H groups in total. The first-order chi connectivity index (χ1) is 10.7. The molecule has 0 radical (unpaired) electrons. The highest BCUT2D eigenvalue weighted by atomic mass is 16.3. The summed E-state index contributed by atoms with van der Waals surface area (Å²) in [4.78, 5) is 38.0. The van der Waals surface area contributed by atoms with E-state index in [0.717, 1.165) is 24.5 Å². The fraction of sp³-hybridized carbons (Fsp3) is 0.467. The largest absolute Gasteiger partial charge is 0.483 e. The van der Waals surface area contributed by atoms with Gasteiger partial charge in [-0.05, 0) is 30.9 Å². The van der Waals surface area contributed by atoms with Gasteiger partial charge in [0.1, 0.15) is 5.82 Å². The first-order valence-electron chi connectivity index (χ1n) is 7.28. The number of imide groups is 1. The van der Waals surface area contributed by atoms with Gasteiger partial charge in [-0.2, -0.15) is 0 Å². The molecule has 7 nitrogen and oxygen atoms in total. The van der Waals surface area contributed by atoms with E-state index in [0.29, 0.717) is 12.8 Å². The molecule has 2 fully saturated rings. The Balaban J connectivity index is 0.000000545. The predicted molar refractivity (Wildman–Crippen MR) is 79.5 cm³/mol. The third-order valence-corrected chi connectivity index (χ3v) is 3.84. The van der Waals surface area contributed by atoms with E-state index in [9.17, 15) is 9.59 Å². The van der Waals surface area contributed by atoms with E-state index in [1.165, 1.54) is 12.8 Å². The normalized spacial score (nSPS) is 20.9. The third-order valence-electron chi connectivity index (χ3n) is 3.84. The number of carboxylic acid groups (broad SMARTS) is 1. The smallest absolute Gasteiger partial charge is 0.290 e. The zero-order valence-corrected chi connectivity index (χ0v) is 12.2. The summed E-state index contributed by atoms with van der Waals surface area (Å²) < 4.78 is 0. The Bertz CT molecular complexity index is 538. The van der Waals surface area contributed by atoms with Crippen molar-refractivity contribution in [3.8, 4) is 0 Å². The molecule has 1 unspecified atom stereocenters. The van der Waals surface area contributed by atoms with Gasteiger partial charge >= 0.3 is 0 Å². The Morgan fingerprint density at radius 2 is 1.95 bits per heavy atom. The van der Waals surface area contributed by atoms with Crippen LogP contribution in [0.25, 0.3) is 0 Å². The second-order valence-corrected chi connectivity index (χ2v) is 5.25. The molecule has 3 rings (SSSR count). The highest BCUT2D eigenvalue weighted by molar-refractivity contribution is 6.00. The van der Waals surface area contributed by atoms with E-state index in [1.807, 2.05) is 12.1 Å². The van der Waals surface area contributed by atoms with E-state index < -0.39 is 0 Å². The number of rotatable bonds is 2. The van der Waals surface area contributed by atoms with Gasteiger partial charge in [0.2, 0.25) is 11.8 Å². The van der Waals surface area contributed by atoms with Crippen LogP contribution >= 0.6 is 0 Å². The van der Waals surface area contributed by atoms with Crippen molar-refractivity contribution in [2.45, 2.75) is 31.6 Å². The predicted octanol–water partition coefficient (Wildman–Crippen LogP) is 0.903. The number of carbonyl (C=O) groups is 3. The van der Waals surface area contributed by atoms with Crippen LogP contribution in [0.5, 0.6) is 0 Å². The molecule has 0 saturated carbocycles. The van der Waals surface area contributed by atoms with Gasteiger partial charge in [0, 0.05) is 25.7 Å². The number of nitrogens with one attached hydrogen (secondary N) is 1. The Labute approximate surface area is 128 Å². The number of nitrogens with zero attached hydrogens (tertiary/aromatic N) is 2. The van der Waals surface area contributed by atoms with E-state index >= 15 is 0 Å². The molecule has 0 aliphatic carbocycles. The average molecular weight is 305 g/mol. The molecule has 22 heavy (non-hydrogen) atoms. The minimum Gasteiger partial charge on any atom is -0.483 e. The number of anilines is 1. The Morgan fingerprint density at radius 3 is 2.50 bits per heavy atom. The number of amides is 2. The molecule has 1 aromatic rings. The van der Waals surface area contributed by atoms with Crippen molar-refractivity contribution in [1.29, 1.82) is 0 Å². The maximum Gasteiger partial charge on any atom is 0.290 e. The van der Waals surface area contributed by atoms with Crippen molar-refractivity contribution in [2.24, 2.45) is 0 Å². The van der Waals surface area contributed by atoms with Crippen LogP contribution in [0.3, 0.4) is 0 Å². The molecule has 2 saturated heterocycles. The van der Waals surface area contributed by atoms with E-state index in [-0.39, 0.29) is 24.2 Å². The fourth-order valence-corrected chi connectivity index (χ4v) is 2.75. The first kappa shape index (κ1) is 15.9. The van der Waals surface area contributed by atoms with E-state index in [1.54, 1.807) is 6.20 Å². The van der Waals surface area contributed by atoms with Crippen LogP contribution in [0.1, 0.15) is 37.2 Å². The van der Waals surface area contributed by atoms with Crippen molar-refractivity contribution in [1.82, 2.24) is 10.3 Å². The maximum atomic E-state index is 11.8. The number of carbonyl (C=O) groups excluding carboxylic acids is 2. The van der Waals surface area contributed by atoms with Crippen LogP contribution in [-0.2, 0) is 14.4 Å². The van der Waals surface area contributed by atoms with Gasteiger partial charge in [0.05, 0.1) is 5.92 Å². The van der Waals surface area contributed by atoms with Gasteiger partial charge in [0.25, 0.3) is 6.47 Å². The molecule has 2 aliphatic heterocycles. The Morgan fingerprint density at radius 1 is 1.27 bits per heavy atom. The molecule has 3 heterocycles. The molecule has 1 atom stereocenters. The maximum absolute atomic E-state index is 11.8. The molecule has 0 aromatic carbocycles. The lowest BCUT2D eigenvalue weighted by Crippen LogP contribution is -2.39. The van der Waals surface area contributed by atoms with Crippen LogP contribution in [-0.4, -0.2) is 41.5 Å². The van der Waals surface area contributed by atoms with Gasteiger partial charge in [-0.3, -0.25) is 19.7 Å². The third kappa shape index (κ3) is 3.81.